The summed E-state index contributed by atoms with van der Waals surface area (Å²) in [5.74, 6) is 1.87. The molecule has 0 atom stereocenters. The number of benzene rings is 9. The third-order valence-electron chi connectivity index (χ3n) is 10.6. The summed E-state index contributed by atoms with van der Waals surface area (Å²) in [7, 11) is 0. The Kier molecular flexibility index (Phi) is 8.51. The quantitative estimate of drug-likeness (QED) is 0.165. The van der Waals surface area contributed by atoms with Crippen LogP contribution in [0.1, 0.15) is 0 Å². The van der Waals surface area contributed by atoms with E-state index in [4.69, 9.17) is 15.0 Å². The van der Waals surface area contributed by atoms with Gasteiger partial charge in [-0.3, -0.25) is 0 Å². The Bertz CT molecular complexity index is 2990. The molecule has 0 spiro atoms. The van der Waals surface area contributed by atoms with Crippen molar-refractivity contribution in [2.24, 2.45) is 0 Å². The largest absolute Gasteiger partial charge is 0.208 e. The van der Waals surface area contributed by atoms with E-state index >= 15 is 0 Å². The van der Waals surface area contributed by atoms with Gasteiger partial charge in [-0.05, 0) is 72.6 Å². The van der Waals surface area contributed by atoms with Crippen molar-refractivity contribution in [2.75, 3.05) is 0 Å². The Morgan fingerprint density at radius 3 is 1.39 bits per heavy atom. The van der Waals surface area contributed by atoms with Crippen molar-refractivity contribution < 1.29 is 0 Å². The van der Waals surface area contributed by atoms with Gasteiger partial charge >= 0.3 is 0 Å². The van der Waals surface area contributed by atoms with Crippen LogP contribution < -0.4 is 0 Å². The van der Waals surface area contributed by atoms with Gasteiger partial charge in [0.1, 0.15) is 0 Å². The lowest BCUT2D eigenvalue weighted by atomic mass is 9.89. The first kappa shape index (κ1) is 33.1. The van der Waals surface area contributed by atoms with E-state index in [-0.39, 0.29) is 0 Å². The fourth-order valence-corrected chi connectivity index (χ4v) is 7.80. The minimum atomic E-state index is 0.620. The van der Waals surface area contributed by atoms with E-state index in [1.165, 1.54) is 27.5 Å². The molecule has 262 valence electrons. The van der Waals surface area contributed by atoms with Crippen molar-refractivity contribution in [1.82, 2.24) is 15.0 Å². The molecule has 0 saturated heterocycles. The molecule has 0 saturated carbocycles. The zero-order valence-electron chi connectivity index (χ0n) is 30.5. The van der Waals surface area contributed by atoms with Gasteiger partial charge < -0.3 is 0 Å². The topological polar surface area (TPSA) is 38.7 Å². The zero-order chi connectivity index (χ0) is 37.3. The van der Waals surface area contributed by atoms with Crippen LogP contribution in [-0.4, -0.2) is 15.0 Å². The highest BCUT2D eigenvalue weighted by Gasteiger charge is 2.21. The van der Waals surface area contributed by atoms with Crippen LogP contribution in [0.15, 0.2) is 212 Å². The fourth-order valence-electron chi connectivity index (χ4n) is 7.80. The maximum absolute atomic E-state index is 5.38. The second-order valence-corrected chi connectivity index (χ2v) is 14.0. The number of hydrogen-bond donors (Lipinski definition) is 0. The third kappa shape index (κ3) is 6.21. The summed E-state index contributed by atoms with van der Waals surface area (Å²) < 4.78 is 0. The van der Waals surface area contributed by atoms with E-state index in [1.54, 1.807) is 0 Å². The first-order chi connectivity index (χ1) is 27.8. The smallest absolute Gasteiger partial charge is 0.164 e. The zero-order valence-corrected chi connectivity index (χ0v) is 30.5. The van der Waals surface area contributed by atoms with Crippen molar-refractivity contribution in [3.63, 3.8) is 0 Å². The van der Waals surface area contributed by atoms with E-state index in [0.717, 1.165) is 55.3 Å². The number of hydrogen-bond acceptors (Lipinski definition) is 3. The molecular weight excluding hydrogens is 679 g/mol. The van der Waals surface area contributed by atoms with Gasteiger partial charge in [0, 0.05) is 22.3 Å². The maximum atomic E-state index is 5.38. The van der Waals surface area contributed by atoms with Crippen LogP contribution >= 0.6 is 0 Å². The monoisotopic (exact) mass is 713 g/mol. The molecule has 0 radical (unpaired) electrons. The molecular formula is C53H35N3. The number of aromatic nitrogens is 3. The summed E-state index contributed by atoms with van der Waals surface area (Å²) in [6.07, 6.45) is 0. The van der Waals surface area contributed by atoms with Crippen LogP contribution in [0.2, 0.25) is 0 Å². The van der Waals surface area contributed by atoms with Gasteiger partial charge in [-0.1, -0.05) is 200 Å². The van der Waals surface area contributed by atoms with Gasteiger partial charge in [0.05, 0.1) is 0 Å². The predicted molar refractivity (Wildman–Crippen MR) is 233 cm³/mol. The Labute approximate surface area is 326 Å². The van der Waals surface area contributed by atoms with Crippen molar-refractivity contribution in [1.29, 1.82) is 0 Å². The minimum Gasteiger partial charge on any atom is -0.208 e. The fraction of sp³-hybridized carbons (Fsp3) is 0. The second kappa shape index (κ2) is 14.4. The molecule has 10 aromatic rings. The van der Waals surface area contributed by atoms with Gasteiger partial charge in [0.15, 0.2) is 17.5 Å². The lowest BCUT2D eigenvalue weighted by Crippen LogP contribution is -2.02. The number of nitrogens with zero attached hydrogens (tertiary/aromatic N) is 3. The highest BCUT2D eigenvalue weighted by Crippen LogP contribution is 2.42. The second-order valence-electron chi connectivity index (χ2n) is 14.0. The first-order valence-electron chi connectivity index (χ1n) is 18.9. The molecule has 1 aromatic heterocycles. The molecule has 56 heavy (non-hydrogen) atoms. The molecule has 0 bridgehead atoms. The van der Waals surface area contributed by atoms with Gasteiger partial charge in [-0.2, -0.15) is 0 Å². The summed E-state index contributed by atoms with van der Waals surface area (Å²) in [5.41, 5.74) is 11.9. The average Bonchev–Trinajstić information content (AvgIpc) is 3.29. The minimum absolute atomic E-state index is 0.620. The summed E-state index contributed by atoms with van der Waals surface area (Å²) in [6.45, 7) is 0. The van der Waals surface area contributed by atoms with Crippen LogP contribution in [0, 0.1) is 0 Å². The highest BCUT2D eigenvalue weighted by molar-refractivity contribution is 6.04. The van der Waals surface area contributed by atoms with E-state index in [1.807, 2.05) is 6.07 Å². The molecule has 1 heterocycles. The summed E-state index contributed by atoms with van der Waals surface area (Å²) in [4.78, 5) is 15.9. The molecule has 0 fully saturated rings. The van der Waals surface area contributed by atoms with Crippen LogP contribution in [0.4, 0.5) is 0 Å². The van der Waals surface area contributed by atoms with Crippen LogP contribution in [0.3, 0.4) is 0 Å². The van der Waals surface area contributed by atoms with Crippen molar-refractivity contribution >= 4 is 21.5 Å². The van der Waals surface area contributed by atoms with Gasteiger partial charge in [0.25, 0.3) is 0 Å². The molecule has 0 unspecified atom stereocenters. The normalized spacial score (nSPS) is 11.2. The highest BCUT2D eigenvalue weighted by atomic mass is 15.0. The molecule has 0 aliphatic heterocycles. The van der Waals surface area contributed by atoms with E-state index < -0.39 is 0 Å². The summed E-state index contributed by atoms with van der Waals surface area (Å²) >= 11 is 0. The Hall–Kier alpha value is -7.49. The van der Waals surface area contributed by atoms with Crippen molar-refractivity contribution in [3.05, 3.63) is 212 Å². The molecule has 10 rings (SSSR count). The van der Waals surface area contributed by atoms with Gasteiger partial charge in [0.2, 0.25) is 0 Å². The first-order valence-corrected chi connectivity index (χ1v) is 18.9. The Morgan fingerprint density at radius 1 is 0.232 bits per heavy atom. The maximum Gasteiger partial charge on any atom is 0.164 e. The van der Waals surface area contributed by atoms with Crippen LogP contribution in [0.5, 0.6) is 0 Å². The molecule has 0 N–H and O–H groups in total. The third-order valence-corrected chi connectivity index (χ3v) is 10.6. The standard InChI is InChI=1S/C53H35N3/c1-4-15-36(16-5-1)38-27-30-41(31-28-38)51-54-52(48-34-33-44(39-18-6-2-7-19-39)46-23-12-13-24-47(46)48)56-53(55-51)49-26-14-25-45(40-20-8-3-9-21-40)50(49)43-32-29-37-17-10-11-22-42(37)35-43/h1-35H. The van der Waals surface area contributed by atoms with Crippen molar-refractivity contribution in [3.8, 4) is 78.7 Å². The summed E-state index contributed by atoms with van der Waals surface area (Å²) in [5, 5.41) is 4.61. The number of rotatable bonds is 7. The van der Waals surface area contributed by atoms with Crippen LogP contribution in [0.25, 0.3) is 100 Å². The van der Waals surface area contributed by atoms with Crippen LogP contribution in [-0.2, 0) is 0 Å². The molecule has 0 aliphatic carbocycles. The van der Waals surface area contributed by atoms with Gasteiger partial charge in [-0.15, -0.1) is 0 Å². The van der Waals surface area contributed by atoms with Crippen molar-refractivity contribution in [2.45, 2.75) is 0 Å². The predicted octanol–water partition coefficient (Wildman–Crippen LogP) is 13.8. The van der Waals surface area contributed by atoms with Gasteiger partial charge in [-0.25, -0.2) is 15.0 Å². The molecule has 3 nitrogen and oxygen atoms in total. The molecule has 0 amide bonds. The average molecular weight is 714 g/mol. The van der Waals surface area contributed by atoms with E-state index in [2.05, 4.69) is 206 Å². The Morgan fingerprint density at radius 2 is 0.696 bits per heavy atom. The Balaban J connectivity index is 1.22. The lowest BCUT2D eigenvalue weighted by molar-refractivity contribution is 1.08. The number of fused-ring (bicyclic) bond motifs is 2. The summed E-state index contributed by atoms with van der Waals surface area (Å²) in [6, 6.07) is 74.7. The lowest BCUT2D eigenvalue weighted by Gasteiger charge is -2.17. The molecule has 9 aromatic carbocycles. The van der Waals surface area contributed by atoms with E-state index in [9.17, 15) is 0 Å². The molecule has 3 heteroatoms. The molecule has 0 aliphatic rings. The SMILES string of the molecule is c1ccc(-c2ccc(-c3nc(-c4cccc(-c5ccccc5)c4-c4ccc5ccccc5c4)nc(-c4ccc(-c5ccccc5)c5ccccc45)n3)cc2)cc1. The van der Waals surface area contributed by atoms with E-state index in [0.29, 0.717) is 17.5 Å².